The monoisotopic (exact) mass is 202 g/mol. The van der Waals surface area contributed by atoms with Crippen molar-refractivity contribution in [3.63, 3.8) is 0 Å². The minimum atomic E-state index is 0.647. The molecule has 68 valence electrons. The van der Waals surface area contributed by atoms with Gasteiger partial charge in [0.1, 0.15) is 12.4 Å². The summed E-state index contributed by atoms with van der Waals surface area (Å²) in [7, 11) is 0. The van der Waals surface area contributed by atoms with Crippen molar-refractivity contribution < 1.29 is 0 Å². The first-order valence-electron chi connectivity index (χ1n) is 3.92. The number of nitrogens with one attached hydrogen (secondary N) is 1. The summed E-state index contributed by atoms with van der Waals surface area (Å²) in [4.78, 5) is 4.86. The summed E-state index contributed by atoms with van der Waals surface area (Å²) in [6.45, 7) is 0. The predicted molar refractivity (Wildman–Crippen MR) is 51.7 cm³/mol. The fourth-order valence-electron chi connectivity index (χ4n) is 0.996. The molecule has 0 unspecified atom stereocenters. The Bertz CT molecular complexity index is 458. The molecule has 0 aliphatic heterocycles. The van der Waals surface area contributed by atoms with Crippen molar-refractivity contribution in [2.75, 3.05) is 0 Å². The standard InChI is InChI=1S/C9H6N4S/c10-5-7-3-1-2-4-8(7)14-9-11-6-12-13-9/h1-4,6H,(H,11,12,13). The number of nitrogens with zero attached hydrogens (tertiary/aromatic N) is 3. The molecule has 0 fully saturated rings. The summed E-state index contributed by atoms with van der Waals surface area (Å²) >= 11 is 1.39. The second-order valence-electron chi connectivity index (χ2n) is 2.50. The zero-order valence-electron chi connectivity index (χ0n) is 7.14. The molecule has 0 radical (unpaired) electrons. The summed E-state index contributed by atoms with van der Waals surface area (Å²) in [6.07, 6.45) is 1.44. The van der Waals surface area contributed by atoms with Crippen molar-refractivity contribution in [1.29, 1.82) is 5.26 Å². The molecule has 4 nitrogen and oxygen atoms in total. The molecular weight excluding hydrogens is 196 g/mol. The van der Waals surface area contributed by atoms with E-state index in [9.17, 15) is 0 Å². The largest absolute Gasteiger partial charge is 0.254 e. The van der Waals surface area contributed by atoms with Crippen molar-refractivity contribution in [2.24, 2.45) is 0 Å². The minimum absolute atomic E-state index is 0.647. The number of aromatic amines is 1. The van der Waals surface area contributed by atoms with Crippen LogP contribution in [0, 0.1) is 11.3 Å². The quantitative estimate of drug-likeness (QED) is 0.806. The maximum absolute atomic E-state index is 8.84. The molecule has 1 aromatic carbocycles. The number of rotatable bonds is 2. The van der Waals surface area contributed by atoms with Gasteiger partial charge in [-0.1, -0.05) is 12.1 Å². The molecular formula is C9H6N4S. The number of H-pyrrole nitrogens is 1. The van der Waals surface area contributed by atoms with Crippen LogP contribution in [-0.4, -0.2) is 15.2 Å². The lowest BCUT2D eigenvalue weighted by Crippen LogP contribution is -1.81. The number of benzene rings is 1. The zero-order chi connectivity index (χ0) is 9.80. The lowest BCUT2D eigenvalue weighted by molar-refractivity contribution is 0.973. The molecule has 0 amide bonds. The highest BCUT2D eigenvalue weighted by Crippen LogP contribution is 2.26. The summed E-state index contributed by atoms with van der Waals surface area (Å²) < 4.78 is 0. The smallest absolute Gasteiger partial charge is 0.188 e. The van der Waals surface area contributed by atoms with E-state index in [1.165, 1.54) is 18.1 Å². The lowest BCUT2D eigenvalue weighted by Gasteiger charge is -1.98. The van der Waals surface area contributed by atoms with Crippen LogP contribution in [0.5, 0.6) is 0 Å². The fourth-order valence-corrected chi connectivity index (χ4v) is 1.77. The van der Waals surface area contributed by atoms with Crippen LogP contribution < -0.4 is 0 Å². The van der Waals surface area contributed by atoms with Gasteiger partial charge < -0.3 is 0 Å². The van der Waals surface area contributed by atoms with Crippen molar-refractivity contribution in [2.45, 2.75) is 10.1 Å². The van der Waals surface area contributed by atoms with E-state index in [0.29, 0.717) is 10.7 Å². The molecule has 1 N–H and O–H groups in total. The Kier molecular flexibility index (Phi) is 2.47. The summed E-state index contributed by atoms with van der Waals surface area (Å²) in [6, 6.07) is 9.51. The topological polar surface area (TPSA) is 65.4 Å². The number of nitriles is 1. The number of aromatic nitrogens is 3. The van der Waals surface area contributed by atoms with Crippen LogP contribution in [0.1, 0.15) is 5.56 Å². The first-order chi connectivity index (χ1) is 6.90. The van der Waals surface area contributed by atoms with Gasteiger partial charge in [-0.25, -0.2) is 4.98 Å². The molecule has 0 spiro atoms. The Labute approximate surface area is 85.0 Å². The van der Waals surface area contributed by atoms with E-state index in [1.54, 1.807) is 6.07 Å². The summed E-state index contributed by atoms with van der Waals surface area (Å²) in [5.41, 5.74) is 0.647. The van der Waals surface area contributed by atoms with E-state index in [2.05, 4.69) is 21.3 Å². The Morgan fingerprint density at radius 2 is 2.21 bits per heavy atom. The van der Waals surface area contributed by atoms with Crippen LogP contribution in [0.4, 0.5) is 0 Å². The molecule has 5 heteroatoms. The van der Waals surface area contributed by atoms with Gasteiger partial charge in [-0.15, -0.1) is 0 Å². The second kappa shape index (κ2) is 3.94. The lowest BCUT2D eigenvalue weighted by atomic mass is 10.2. The maximum Gasteiger partial charge on any atom is 0.188 e. The molecule has 1 aromatic heterocycles. The summed E-state index contributed by atoms with van der Waals surface area (Å²) in [5, 5.41) is 16.0. The molecule has 0 aliphatic rings. The van der Waals surface area contributed by atoms with Gasteiger partial charge in [-0.3, -0.25) is 5.10 Å². The van der Waals surface area contributed by atoms with Crippen LogP contribution in [0.15, 0.2) is 40.6 Å². The van der Waals surface area contributed by atoms with E-state index in [0.717, 1.165) is 4.90 Å². The Morgan fingerprint density at radius 3 is 2.93 bits per heavy atom. The van der Waals surface area contributed by atoms with Gasteiger partial charge >= 0.3 is 0 Å². The van der Waals surface area contributed by atoms with E-state index in [1.807, 2.05) is 18.2 Å². The van der Waals surface area contributed by atoms with E-state index in [-0.39, 0.29) is 0 Å². The van der Waals surface area contributed by atoms with Crippen molar-refractivity contribution in [3.8, 4) is 6.07 Å². The fraction of sp³-hybridized carbons (Fsp3) is 0. The average Bonchev–Trinajstić information content (AvgIpc) is 2.71. The van der Waals surface area contributed by atoms with Crippen LogP contribution in [0.2, 0.25) is 0 Å². The van der Waals surface area contributed by atoms with Crippen LogP contribution in [0.25, 0.3) is 0 Å². The highest BCUT2D eigenvalue weighted by atomic mass is 32.2. The van der Waals surface area contributed by atoms with E-state index in [4.69, 9.17) is 5.26 Å². The predicted octanol–water partition coefficient (Wildman–Crippen LogP) is 1.83. The van der Waals surface area contributed by atoms with Crippen LogP contribution in [-0.2, 0) is 0 Å². The Balaban J connectivity index is 2.30. The molecule has 2 rings (SSSR count). The normalized spacial score (nSPS) is 9.64. The molecule has 0 saturated carbocycles. The van der Waals surface area contributed by atoms with Gasteiger partial charge in [0.15, 0.2) is 5.16 Å². The molecule has 0 atom stereocenters. The molecule has 0 saturated heterocycles. The van der Waals surface area contributed by atoms with Gasteiger partial charge in [0.2, 0.25) is 0 Å². The molecule has 1 heterocycles. The minimum Gasteiger partial charge on any atom is -0.254 e. The average molecular weight is 202 g/mol. The van der Waals surface area contributed by atoms with E-state index < -0.39 is 0 Å². The molecule has 2 aromatic rings. The second-order valence-corrected chi connectivity index (χ2v) is 3.53. The SMILES string of the molecule is N#Cc1ccccc1Sc1ncn[nH]1. The van der Waals surface area contributed by atoms with Crippen LogP contribution >= 0.6 is 11.8 Å². The molecule has 0 bridgehead atoms. The summed E-state index contributed by atoms with van der Waals surface area (Å²) in [5.74, 6) is 0. The molecule has 14 heavy (non-hydrogen) atoms. The first kappa shape index (κ1) is 8.78. The molecule has 0 aliphatic carbocycles. The Hall–Kier alpha value is -1.80. The number of hydrogen-bond donors (Lipinski definition) is 1. The van der Waals surface area contributed by atoms with Gasteiger partial charge in [0.05, 0.1) is 5.56 Å². The third kappa shape index (κ3) is 1.75. The van der Waals surface area contributed by atoms with Crippen molar-refractivity contribution in [1.82, 2.24) is 15.2 Å². The van der Waals surface area contributed by atoms with Gasteiger partial charge in [-0.05, 0) is 23.9 Å². The van der Waals surface area contributed by atoms with E-state index >= 15 is 0 Å². The highest BCUT2D eigenvalue weighted by molar-refractivity contribution is 7.99. The number of hydrogen-bond acceptors (Lipinski definition) is 4. The van der Waals surface area contributed by atoms with Gasteiger partial charge in [-0.2, -0.15) is 10.4 Å². The maximum atomic E-state index is 8.84. The van der Waals surface area contributed by atoms with Gasteiger partial charge in [0.25, 0.3) is 0 Å². The highest BCUT2D eigenvalue weighted by Gasteiger charge is 2.04. The Morgan fingerprint density at radius 1 is 1.36 bits per heavy atom. The van der Waals surface area contributed by atoms with Gasteiger partial charge in [0, 0.05) is 4.90 Å². The third-order valence-corrected chi connectivity index (χ3v) is 2.57. The van der Waals surface area contributed by atoms with Crippen molar-refractivity contribution in [3.05, 3.63) is 36.2 Å². The van der Waals surface area contributed by atoms with Crippen molar-refractivity contribution >= 4 is 11.8 Å². The first-order valence-corrected chi connectivity index (χ1v) is 4.74. The van der Waals surface area contributed by atoms with Crippen LogP contribution in [0.3, 0.4) is 0 Å². The third-order valence-electron chi connectivity index (χ3n) is 1.61. The zero-order valence-corrected chi connectivity index (χ0v) is 7.95.